The first-order chi connectivity index (χ1) is 9.79. The van der Waals surface area contributed by atoms with Gasteiger partial charge in [-0.3, -0.25) is 0 Å². The minimum absolute atomic E-state index is 0.130. The molecule has 2 rings (SSSR count). The molecule has 0 bridgehead atoms. The van der Waals surface area contributed by atoms with Gasteiger partial charge in [-0.05, 0) is 58.9 Å². The summed E-state index contributed by atoms with van der Waals surface area (Å²) in [6.45, 7) is 9.99. The number of ether oxygens (including phenoxy) is 1. The van der Waals surface area contributed by atoms with Crippen LogP contribution < -0.4 is 5.32 Å². The van der Waals surface area contributed by atoms with Gasteiger partial charge < -0.3 is 10.1 Å². The fraction of sp³-hybridized carbons (Fsp3) is 1.00. The lowest BCUT2D eigenvalue weighted by Crippen LogP contribution is -2.47. The van der Waals surface area contributed by atoms with Crippen LogP contribution in [0.25, 0.3) is 0 Å². The highest BCUT2D eigenvalue weighted by Gasteiger charge is 2.35. The van der Waals surface area contributed by atoms with Crippen molar-refractivity contribution >= 4 is 10.0 Å². The van der Waals surface area contributed by atoms with Crippen LogP contribution in [0.2, 0.25) is 0 Å². The van der Waals surface area contributed by atoms with E-state index in [-0.39, 0.29) is 10.8 Å². The number of hydrogen-bond donors (Lipinski definition) is 1. The quantitative estimate of drug-likeness (QED) is 0.855. The van der Waals surface area contributed by atoms with Gasteiger partial charge in [0, 0.05) is 31.8 Å². The van der Waals surface area contributed by atoms with Crippen LogP contribution in [0.5, 0.6) is 0 Å². The Kier molecular flexibility index (Phi) is 5.68. The van der Waals surface area contributed by atoms with Crippen molar-refractivity contribution in [3.63, 3.8) is 0 Å². The van der Waals surface area contributed by atoms with Crippen molar-refractivity contribution in [1.29, 1.82) is 0 Å². The minimum atomic E-state index is -3.12. The van der Waals surface area contributed by atoms with Crippen LogP contribution in [0.1, 0.15) is 46.5 Å². The SMILES string of the molecule is CC(C)(C)NCC1CCN(S(=O)(=O)C2CCOCC2)CC1. The molecule has 21 heavy (non-hydrogen) atoms. The maximum absolute atomic E-state index is 12.6. The molecule has 0 aromatic rings. The molecule has 0 spiro atoms. The molecule has 2 saturated heterocycles. The van der Waals surface area contributed by atoms with E-state index in [1.807, 2.05) is 0 Å². The number of sulfonamides is 1. The highest BCUT2D eigenvalue weighted by Crippen LogP contribution is 2.25. The van der Waals surface area contributed by atoms with Crippen LogP contribution >= 0.6 is 0 Å². The van der Waals surface area contributed by atoms with Crippen molar-refractivity contribution in [2.45, 2.75) is 57.2 Å². The van der Waals surface area contributed by atoms with E-state index < -0.39 is 10.0 Å². The first-order valence-corrected chi connectivity index (χ1v) is 9.61. The minimum Gasteiger partial charge on any atom is -0.381 e. The molecule has 0 saturated carbocycles. The fourth-order valence-electron chi connectivity index (χ4n) is 3.00. The van der Waals surface area contributed by atoms with E-state index in [0.717, 1.165) is 19.4 Å². The van der Waals surface area contributed by atoms with E-state index >= 15 is 0 Å². The Balaban J connectivity index is 1.82. The summed E-state index contributed by atoms with van der Waals surface area (Å²) in [7, 11) is -3.12. The summed E-state index contributed by atoms with van der Waals surface area (Å²) in [6.07, 6.45) is 3.22. The predicted molar refractivity (Wildman–Crippen MR) is 84.8 cm³/mol. The Morgan fingerprint density at radius 2 is 1.67 bits per heavy atom. The Labute approximate surface area is 129 Å². The van der Waals surface area contributed by atoms with Crippen LogP contribution in [0.3, 0.4) is 0 Å². The summed E-state index contributed by atoms with van der Waals surface area (Å²) in [5.74, 6) is 0.588. The molecule has 2 fully saturated rings. The van der Waals surface area contributed by atoms with Gasteiger partial charge in [0.25, 0.3) is 0 Å². The third-order valence-electron chi connectivity index (χ3n) is 4.44. The third kappa shape index (κ3) is 4.91. The van der Waals surface area contributed by atoms with Gasteiger partial charge in [-0.15, -0.1) is 0 Å². The summed E-state index contributed by atoms with van der Waals surface area (Å²) in [4.78, 5) is 0. The molecule has 0 atom stereocenters. The number of rotatable bonds is 4. The van der Waals surface area contributed by atoms with Gasteiger partial charge in [0.2, 0.25) is 10.0 Å². The highest BCUT2D eigenvalue weighted by molar-refractivity contribution is 7.89. The van der Waals surface area contributed by atoms with E-state index in [2.05, 4.69) is 26.1 Å². The first kappa shape index (κ1) is 17.2. The molecule has 2 aliphatic rings. The second-order valence-electron chi connectivity index (χ2n) is 7.33. The molecule has 0 unspecified atom stereocenters. The monoisotopic (exact) mass is 318 g/mol. The van der Waals surface area contributed by atoms with E-state index in [1.165, 1.54) is 0 Å². The Bertz CT molecular complexity index is 417. The smallest absolute Gasteiger partial charge is 0.217 e. The molecule has 2 heterocycles. The lowest BCUT2D eigenvalue weighted by atomic mass is 9.97. The molecular weight excluding hydrogens is 288 g/mol. The van der Waals surface area contributed by atoms with Gasteiger partial charge in [-0.25, -0.2) is 12.7 Å². The molecule has 0 radical (unpaired) electrons. The first-order valence-electron chi connectivity index (χ1n) is 8.11. The largest absolute Gasteiger partial charge is 0.381 e. The summed E-state index contributed by atoms with van der Waals surface area (Å²) >= 11 is 0. The Hall–Kier alpha value is -0.170. The molecule has 124 valence electrons. The molecule has 2 aliphatic heterocycles. The predicted octanol–water partition coefficient (Wildman–Crippen LogP) is 1.60. The number of hydrogen-bond acceptors (Lipinski definition) is 4. The molecular formula is C15H30N2O3S. The molecule has 0 aromatic carbocycles. The van der Waals surface area contributed by atoms with E-state index in [1.54, 1.807) is 4.31 Å². The average Bonchev–Trinajstić information content (AvgIpc) is 2.46. The fourth-order valence-corrected chi connectivity index (χ4v) is 4.93. The molecule has 0 aromatic heterocycles. The zero-order valence-corrected chi connectivity index (χ0v) is 14.4. The standard InChI is InChI=1S/C15H30N2O3S/c1-15(2,3)16-12-13-4-8-17(9-5-13)21(18,19)14-6-10-20-11-7-14/h13-14,16H,4-12H2,1-3H3. The van der Waals surface area contributed by atoms with Gasteiger partial charge in [0.15, 0.2) is 0 Å². The van der Waals surface area contributed by atoms with Gasteiger partial charge >= 0.3 is 0 Å². The molecule has 1 N–H and O–H groups in total. The molecule has 0 aliphatic carbocycles. The Morgan fingerprint density at radius 3 is 2.19 bits per heavy atom. The second kappa shape index (κ2) is 6.94. The van der Waals surface area contributed by atoms with Crippen LogP contribution in [0.4, 0.5) is 0 Å². The summed E-state index contributed by atoms with van der Waals surface area (Å²) in [5.41, 5.74) is 0.130. The normalized spacial score (nSPS) is 24.3. The van der Waals surface area contributed by atoms with Crippen LogP contribution in [-0.2, 0) is 14.8 Å². The lowest BCUT2D eigenvalue weighted by molar-refractivity contribution is 0.0967. The van der Waals surface area contributed by atoms with Crippen molar-refractivity contribution in [3.8, 4) is 0 Å². The van der Waals surface area contributed by atoms with E-state index in [9.17, 15) is 8.42 Å². The average molecular weight is 318 g/mol. The summed E-state index contributed by atoms with van der Waals surface area (Å²) < 4.78 is 32.2. The lowest BCUT2D eigenvalue weighted by Gasteiger charge is -2.35. The summed E-state index contributed by atoms with van der Waals surface area (Å²) in [6, 6.07) is 0. The van der Waals surface area contributed by atoms with Gasteiger partial charge in [0.1, 0.15) is 0 Å². The molecule has 0 amide bonds. The van der Waals surface area contributed by atoms with Crippen molar-refractivity contribution in [2.75, 3.05) is 32.8 Å². The number of nitrogens with one attached hydrogen (secondary N) is 1. The second-order valence-corrected chi connectivity index (χ2v) is 9.54. The molecule has 6 heteroatoms. The van der Waals surface area contributed by atoms with E-state index in [0.29, 0.717) is 45.1 Å². The van der Waals surface area contributed by atoms with Crippen molar-refractivity contribution in [1.82, 2.24) is 9.62 Å². The van der Waals surface area contributed by atoms with Crippen molar-refractivity contribution < 1.29 is 13.2 Å². The van der Waals surface area contributed by atoms with Gasteiger partial charge in [-0.1, -0.05) is 0 Å². The third-order valence-corrected chi connectivity index (χ3v) is 6.84. The maximum atomic E-state index is 12.6. The Morgan fingerprint density at radius 1 is 1.10 bits per heavy atom. The van der Waals surface area contributed by atoms with Gasteiger partial charge in [0.05, 0.1) is 5.25 Å². The van der Waals surface area contributed by atoms with Crippen molar-refractivity contribution in [3.05, 3.63) is 0 Å². The topological polar surface area (TPSA) is 58.6 Å². The van der Waals surface area contributed by atoms with Gasteiger partial charge in [-0.2, -0.15) is 0 Å². The highest BCUT2D eigenvalue weighted by atomic mass is 32.2. The summed E-state index contributed by atoms with van der Waals surface area (Å²) in [5, 5.41) is 3.30. The van der Waals surface area contributed by atoms with Crippen molar-refractivity contribution in [2.24, 2.45) is 5.92 Å². The maximum Gasteiger partial charge on any atom is 0.217 e. The molecule has 5 nitrogen and oxygen atoms in total. The van der Waals surface area contributed by atoms with Crippen LogP contribution in [-0.4, -0.2) is 56.4 Å². The van der Waals surface area contributed by atoms with Crippen LogP contribution in [0.15, 0.2) is 0 Å². The van der Waals surface area contributed by atoms with E-state index in [4.69, 9.17) is 4.74 Å². The zero-order chi connectivity index (χ0) is 15.5. The van der Waals surface area contributed by atoms with Crippen LogP contribution in [0, 0.1) is 5.92 Å². The number of piperidine rings is 1. The zero-order valence-electron chi connectivity index (χ0n) is 13.6. The number of nitrogens with zero attached hydrogens (tertiary/aromatic N) is 1.